The van der Waals surface area contributed by atoms with Crippen molar-refractivity contribution < 1.29 is 9.47 Å². The van der Waals surface area contributed by atoms with E-state index in [2.05, 4.69) is 43.4 Å². The Kier molecular flexibility index (Phi) is 5.37. The standard InChI is InChI=1S/C16H25NO2/c1-12-8-16(9-13(2)19-12)18-11-15-7-5-4-6-14(15)10-17-3/h4-7,12-13,16-17H,8-11H2,1-3H3. The van der Waals surface area contributed by atoms with Crippen LogP contribution in [-0.2, 0) is 22.6 Å². The van der Waals surface area contributed by atoms with E-state index in [0.717, 1.165) is 19.4 Å². The zero-order chi connectivity index (χ0) is 13.7. The summed E-state index contributed by atoms with van der Waals surface area (Å²) in [6, 6.07) is 8.46. The van der Waals surface area contributed by atoms with Gasteiger partial charge in [0.25, 0.3) is 0 Å². The maximum absolute atomic E-state index is 6.09. The predicted octanol–water partition coefficient (Wildman–Crippen LogP) is 2.88. The summed E-state index contributed by atoms with van der Waals surface area (Å²) in [6.07, 6.45) is 2.93. The SMILES string of the molecule is CNCc1ccccc1COC1CC(C)OC(C)C1. The predicted molar refractivity (Wildman–Crippen MR) is 77.0 cm³/mol. The summed E-state index contributed by atoms with van der Waals surface area (Å²) < 4.78 is 11.8. The Bertz CT molecular complexity index is 384. The first-order valence-electron chi connectivity index (χ1n) is 7.17. The van der Waals surface area contributed by atoms with Gasteiger partial charge in [-0.1, -0.05) is 24.3 Å². The highest BCUT2D eigenvalue weighted by Gasteiger charge is 2.24. The second kappa shape index (κ2) is 7.04. The van der Waals surface area contributed by atoms with Gasteiger partial charge in [0.1, 0.15) is 0 Å². The summed E-state index contributed by atoms with van der Waals surface area (Å²) in [7, 11) is 1.97. The number of hydrogen-bond acceptors (Lipinski definition) is 3. The van der Waals surface area contributed by atoms with Gasteiger partial charge in [-0.15, -0.1) is 0 Å². The molecule has 1 saturated heterocycles. The van der Waals surface area contributed by atoms with E-state index in [1.54, 1.807) is 0 Å². The van der Waals surface area contributed by atoms with Gasteiger partial charge < -0.3 is 14.8 Å². The number of rotatable bonds is 5. The summed E-state index contributed by atoms with van der Waals surface area (Å²) in [4.78, 5) is 0. The first-order valence-corrected chi connectivity index (χ1v) is 7.17. The van der Waals surface area contributed by atoms with Crippen molar-refractivity contribution in [3.63, 3.8) is 0 Å². The second-order valence-electron chi connectivity index (χ2n) is 5.46. The van der Waals surface area contributed by atoms with Crippen LogP contribution in [0.4, 0.5) is 0 Å². The molecule has 3 heteroatoms. The van der Waals surface area contributed by atoms with Crippen molar-refractivity contribution >= 4 is 0 Å². The van der Waals surface area contributed by atoms with E-state index in [1.807, 2.05) is 7.05 Å². The van der Waals surface area contributed by atoms with E-state index in [-0.39, 0.29) is 0 Å². The Morgan fingerprint density at radius 2 is 1.79 bits per heavy atom. The number of ether oxygens (including phenoxy) is 2. The highest BCUT2D eigenvalue weighted by atomic mass is 16.5. The smallest absolute Gasteiger partial charge is 0.0723 e. The molecule has 1 aromatic rings. The van der Waals surface area contributed by atoms with E-state index in [1.165, 1.54) is 11.1 Å². The fourth-order valence-corrected chi connectivity index (χ4v) is 2.75. The minimum atomic E-state index is 0.307. The number of benzene rings is 1. The van der Waals surface area contributed by atoms with Crippen molar-refractivity contribution in [1.29, 1.82) is 0 Å². The summed E-state index contributed by atoms with van der Waals surface area (Å²) in [5, 5.41) is 3.20. The van der Waals surface area contributed by atoms with Gasteiger partial charge in [0, 0.05) is 6.54 Å². The summed E-state index contributed by atoms with van der Waals surface area (Å²) in [5.41, 5.74) is 2.60. The molecule has 1 heterocycles. The highest BCUT2D eigenvalue weighted by molar-refractivity contribution is 5.26. The summed E-state index contributed by atoms with van der Waals surface area (Å²) in [5.74, 6) is 0. The molecule has 0 aromatic heterocycles. The zero-order valence-corrected chi connectivity index (χ0v) is 12.2. The lowest BCUT2D eigenvalue weighted by atomic mass is 10.0. The molecule has 106 valence electrons. The van der Waals surface area contributed by atoms with Crippen molar-refractivity contribution in [2.75, 3.05) is 7.05 Å². The third-order valence-corrected chi connectivity index (χ3v) is 3.61. The molecule has 0 aliphatic carbocycles. The Morgan fingerprint density at radius 1 is 1.16 bits per heavy atom. The Morgan fingerprint density at radius 3 is 2.42 bits per heavy atom. The molecule has 0 bridgehead atoms. The third-order valence-electron chi connectivity index (χ3n) is 3.61. The second-order valence-corrected chi connectivity index (χ2v) is 5.46. The highest BCUT2D eigenvalue weighted by Crippen LogP contribution is 2.23. The van der Waals surface area contributed by atoms with E-state index >= 15 is 0 Å². The molecule has 19 heavy (non-hydrogen) atoms. The van der Waals surface area contributed by atoms with Gasteiger partial charge in [0.15, 0.2) is 0 Å². The topological polar surface area (TPSA) is 30.5 Å². The number of nitrogens with one attached hydrogen (secondary N) is 1. The Hall–Kier alpha value is -0.900. The lowest BCUT2D eigenvalue weighted by Crippen LogP contribution is -2.34. The molecular weight excluding hydrogens is 238 g/mol. The molecule has 2 unspecified atom stereocenters. The Labute approximate surface area is 116 Å². The van der Waals surface area contributed by atoms with Crippen LogP contribution in [0.2, 0.25) is 0 Å². The zero-order valence-electron chi connectivity index (χ0n) is 12.2. The summed E-state index contributed by atoms with van der Waals surface area (Å²) >= 11 is 0. The number of hydrogen-bond donors (Lipinski definition) is 1. The van der Waals surface area contributed by atoms with Crippen molar-refractivity contribution in [1.82, 2.24) is 5.32 Å². The van der Waals surface area contributed by atoms with Gasteiger partial charge in [0.2, 0.25) is 0 Å². The van der Waals surface area contributed by atoms with Crippen LogP contribution in [0, 0.1) is 0 Å². The van der Waals surface area contributed by atoms with Gasteiger partial charge in [-0.3, -0.25) is 0 Å². The molecule has 0 spiro atoms. The van der Waals surface area contributed by atoms with Gasteiger partial charge >= 0.3 is 0 Å². The van der Waals surface area contributed by atoms with Gasteiger partial charge in [-0.2, -0.15) is 0 Å². The fraction of sp³-hybridized carbons (Fsp3) is 0.625. The van der Waals surface area contributed by atoms with Crippen LogP contribution in [0.3, 0.4) is 0 Å². The van der Waals surface area contributed by atoms with Crippen LogP contribution in [0.5, 0.6) is 0 Å². The first kappa shape index (κ1) is 14.5. The minimum absolute atomic E-state index is 0.307. The Balaban J connectivity index is 1.91. The van der Waals surface area contributed by atoms with E-state index in [4.69, 9.17) is 9.47 Å². The molecule has 0 radical (unpaired) electrons. The molecular formula is C16H25NO2. The average molecular weight is 263 g/mol. The van der Waals surface area contributed by atoms with Crippen LogP contribution in [0.25, 0.3) is 0 Å². The van der Waals surface area contributed by atoms with Crippen molar-refractivity contribution in [2.24, 2.45) is 0 Å². The molecule has 0 amide bonds. The van der Waals surface area contributed by atoms with Gasteiger partial charge in [-0.25, -0.2) is 0 Å². The quantitative estimate of drug-likeness (QED) is 0.886. The normalized spacial score (nSPS) is 27.4. The van der Waals surface area contributed by atoms with Gasteiger partial charge in [-0.05, 0) is 44.9 Å². The first-order chi connectivity index (χ1) is 9.19. The van der Waals surface area contributed by atoms with Crippen molar-refractivity contribution in [2.45, 2.75) is 58.2 Å². The molecule has 3 nitrogen and oxygen atoms in total. The average Bonchev–Trinajstić information content (AvgIpc) is 2.37. The van der Waals surface area contributed by atoms with Crippen LogP contribution in [0.1, 0.15) is 37.8 Å². The van der Waals surface area contributed by atoms with Crippen LogP contribution in [0.15, 0.2) is 24.3 Å². The fourth-order valence-electron chi connectivity index (χ4n) is 2.75. The molecule has 0 saturated carbocycles. The molecule has 2 atom stereocenters. The minimum Gasteiger partial charge on any atom is -0.375 e. The lowest BCUT2D eigenvalue weighted by molar-refractivity contribution is -0.106. The van der Waals surface area contributed by atoms with Crippen LogP contribution >= 0.6 is 0 Å². The van der Waals surface area contributed by atoms with Crippen LogP contribution < -0.4 is 5.32 Å². The molecule has 2 rings (SSSR count). The monoisotopic (exact) mass is 263 g/mol. The maximum atomic E-state index is 6.09. The molecule has 1 aromatic carbocycles. The van der Waals surface area contributed by atoms with E-state index < -0.39 is 0 Å². The molecule has 1 N–H and O–H groups in total. The third kappa shape index (κ3) is 4.30. The van der Waals surface area contributed by atoms with E-state index in [0.29, 0.717) is 24.9 Å². The van der Waals surface area contributed by atoms with Crippen molar-refractivity contribution in [3.8, 4) is 0 Å². The largest absolute Gasteiger partial charge is 0.375 e. The maximum Gasteiger partial charge on any atom is 0.0723 e. The van der Waals surface area contributed by atoms with E-state index in [9.17, 15) is 0 Å². The van der Waals surface area contributed by atoms with Crippen LogP contribution in [-0.4, -0.2) is 25.4 Å². The van der Waals surface area contributed by atoms with Gasteiger partial charge in [0.05, 0.1) is 24.9 Å². The molecule has 1 aliphatic heterocycles. The summed E-state index contributed by atoms with van der Waals surface area (Å²) in [6.45, 7) is 5.84. The molecule has 1 aliphatic rings. The van der Waals surface area contributed by atoms with Crippen molar-refractivity contribution in [3.05, 3.63) is 35.4 Å². The lowest BCUT2D eigenvalue weighted by Gasteiger charge is -2.32. The molecule has 1 fully saturated rings.